The number of ketones is 1. The molecule has 0 spiro atoms. The number of aliphatic hydroxyl groups is 10. The third-order valence-corrected chi connectivity index (χ3v) is 9.14. The summed E-state index contributed by atoms with van der Waals surface area (Å²) >= 11 is 0. The molecule has 63 heavy (non-hydrogen) atoms. The Labute approximate surface area is 362 Å². The predicted molar refractivity (Wildman–Crippen MR) is 210 cm³/mol. The molecule has 0 radical (unpaired) electrons. The molecule has 26 heteroatoms. The minimum Gasteiger partial charge on any atom is -0.394 e. The second-order valence-corrected chi connectivity index (χ2v) is 14.1. The number of hydrogen-bond acceptors (Lipinski definition) is 21. The van der Waals surface area contributed by atoms with Crippen LogP contribution in [0.1, 0.15) is 32.6 Å². The Morgan fingerprint density at radius 1 is 0.540 bits per heavy atom. The Morgan fingerprint density at radius 3 is 1.37 bits per heavy atom. The number of Topliss-reactive ketones (excluding diaryl/α,β-unsaturated/α-hetero) is 1. The molecule has 1 heterocycles. The van der Waals surface area contributed by atoms with Crippen molar-refractivity contribution in [2.45, 2.75) is 93.5 Å². The summed E-state index contributed by atoms with van der Waals surface area (Å²) in [6, 6.07) is -2.53. The molecule has 14 N–H and O–H groups in total. The van der Waals surface area contributed by atoms with E-state index in [4.69, 9.17) is 29.2 Å². The van der Waals surface area contributed by atoms with Crippen LogP contribution >= 0.6 is 0 Å². The normalized spacial score (nSPS) is 17.5. The van der Waals surface area contributed by atoms with E-state index in [-0.39, 0.29) is 78.7 Å². The van der Waals surface area contributed by atoms with Crippen molar-refractivity contribution in [3.05, 3.63) is 12.2 Å². The Bertz CT molecular complexity index is 1440. The van der Waals surface area contributed by atoms with Gasteiger partial charge >= 0.3 is 0 Å². The van der Waals surface area contributed by atoms with Crippen LogP contribution in [0.25, 0.3) is 0 Å². The van der Waals surface area contributed by atoms with E-state index in [1.807, 2.05) is 0 Å². The lowest BCUT2D eigenvalue weighted by molar-refractivity contribution is -0.144. The first-order chi connectivity index (χ1) is 29.9. The van der Waals surface area contributed by atoms with Gasteiger partial charge in [0.1, 0.15) is 48.7 Å². The molecule has 1 rings (SSSR count). The van der Waals surface area contributed by atoms with E-state index in [9.17, 15) is 74.4 Å². The number of imide groups is 1. The number of nitrogens with one attached hydrogen (secondary N) is 4. The first-order valence-electron chi connectivity index (χ1n) is 20.0. The van der Waals surface area contributed by atoms with Gasteiger partial charge in [-0.05, 0) is 13.3 Å². The Hall–Kier alpha value is -4.13. The summed E-state index contributed by atoms with van der Waals surface area (Å²) in [7, 11) is 0. The van der Waals surface area contributed by atoms with Gasteiger partial charge in [0.05, 0.1) is 78.3 Å². The summed E-state index contributed by atoms with van der Waals surface area (Å²) in [6.45, 7) is -1.28. The molecule has 0 aromatic rings. The van der Waals surface area contributed by atoms with E-state index in [0.29, 0.717) is 0 Å². The van der Waals surface area contributed by atoms with E-state index in [2.05, 4.69) is 21.3 Å². The average Bonchev–Trinajstić information content (AvgIpc) is 3.60. The van der Waals surface area contributed by atoms with E-state index >= 15 is 0 Å². The fourth-order valence-corrected chi connectivity index (χ4v) is 5.34. The zero-order chi connectivity index (χ0) is 47.5. The van der Waals surface area contributed by atoms with Crippen LogP contribution < -0.4 is 21.3 Å². The van der Waals surface area contributed by atoms with Gasteiger partial charge in [-0.25, -0.2) is 0 Å². The molecule has 0 aliphatic carbocycles. The molecule has 0 aromatic heterocycles. The highest BCUT2D eigenvalue weighted by molar-refractivity contribution is 6.15. The Balaban J connectivity index is 2.39. The van der Waals surface area contributed by atoms with Crippen LogP contribution in [-0.2, 0) is 52.5 Å². The van der Waals surface area contributed by atoms with E-state index in [0.717, 1.165) is 17.1 Å². The maximum absolute atomic E-state index is 13.0. The summed E-state index contributed by atoms with van der Waals surface area (Å²) in [5.74, 6) is -4.58. The van der Waals surface area contributed by atoms with Gasteiger partial charge in [-0.15, -0.1) is 0 Å². The number of aliphatic hydroxyl groups excluding tert-OH is 10. The van der Waals surface area contributed by atoms with Gasteiger partial charge < -0.3 is 91.3 Å². The molecule has 0 unspecified atom stereocenters. The molecule has 362 valence electrons. The predicted octanol–water partition coefficient (Wildman–Crippen LogP) is -8.80. The molecule has 26 nitrogen and oxygen atoms in total. The number of rotatable bonds is 36. The lowest BCUT2D eigenvalue weighted by atomic mass is 10.0. The van der Waals surface area contributed by atoms with Gasteiger partial charge in [-0.3, -0.25) is 38.5 Å². The molecule has 0 fully saturated rings. The van der Waals surface area contributed by atoms with Crippen LogP contribution in [0.2, 0.25) is 0 Å². The van der Waals surface area contributed by atoms with Crippen LogP contribution in [0.3, 0.4) is 0 Å². The molecule has 0 bridgehead atoms. The number of hydrogen-bond donors (Lipinski definition) is 14. The maximum Gasteiger partial charge on any atom is 0.254 e. The fourth-order valence-electron chi connectivity index (χ4n) is 5.34. The van der Waals surface area contributed by atoms with Crippen molar-refractivity contribution in [3.8, 4) is 0 Å². The van der Waals surface area contributed by atoms with Gasteiger partial charge in [-0.2, -0.15) is 0 Å². The van der Waals surface area contributed by atoms with Crippen LogP contribution in [0.5, 0.6) is 0 Å². The SMILES string of the molecule is CC(=O)[C@H](CNC(=O)CCOCCOCCOCCOCCC(=O)N[C@@H](CCC(=O)NC[C@H](O)[C@@H](O)[C@H](O)[C@H](O)CO)C(=O)NC[C@H](O)[C@@H](O)[C@H](O)[C@H](O)CO)N1C(=O)C=CC1=O. The van der Waals surface area contributed by atoms with Gasteiger partial charge in [0, 0.05) is 51.0 Å². The average molecular weight is 914 g/mol. The Morgan fingerprint density at radius 2 is 0.921 bits per heavy atom. The van der Waals surface area contributed by atoms with Crippen molar-refractivity contribution in [3.63, 3.8) is 0 Å². The van der Waals surface area contributed by atoms with Gasteiger partial charge in [-0.1, -0.05) is 0 Å². The van der Waals surface area contributed by atoms with Crippen molar-refractivity contribution < 1.29 is 104 Å². The second-order valence-electron chi connectivity index (χ2n) is 14.1. The zero-order valence-electron chi connectivity index (χ0n) is 34.9. The number of carbonyl (C=O) groups is 7. The standard InChI is InChI=1S/C37H63N5O21/c1-21(45)23(42-31(53)4-5-32(42)54)16-38-29(51)6-8-60-10-12-62-14-15-63-13-11-61-9-7-30(52)41-22(37(59)40-18-25(47)34(56)36(58)27(49)20-44)2-3-28(50)39-17-24(46)33(55)35(57)26(48)19-43/h4-5,22-27,33-36,43-44,46-49,55-58H,2-3,6-20H2,1H3,(H,38,51)(H,39,50)(H,40,59)(H,41,52)/t22-,23-,24-,25-,26+,27+,33+,34+,35+,36+/m0/s1. The van der Waals surface area contributed by atoms with Crippen molar-refractivity contribution in [2.24, 2.45) is 0 Å². The van der Waals surface area contributed by atoms with Crippen LogP contribution in [-0.4, -0.2) is 244 Å². The highest BCUT2D eigenvalue weighted by atomic mass is 16.6. The van der Waals surface area contributed by atoms with Gasteiger partial charge in [0.25, 0.3) is 11.8 Å². The lowest BCUT2D eigenvalue weighted by Gasteiger charge is -2.26. The molecule has 0 aromatic carbocycles. The third kappa shape index (κ3) is 22.4. The number of ether oxygens (including phenoxy) is 4. The largest absolute Gasteiger partial charge is 0.394 e. The smallest absolute Gasteiger partial charge is 0.254 e. The van der Waals surface area contributed by atoms with Crippen molar-refractivity contribution in [1.29, 1.82) is 0 Å². The van der Waals surface area contributed by atoms with Crippen LogP contribution in [0.4, 0.5) is 0 Å². The molecular weight excluding hydrogens is 850 g/mol. The van der Waals surface area contributed by atoms with Gasteiger partial charge in [0.2, 0.25) is 23.6 Å². The number of carbonyl (C=O) groups excluding carboxylic acids is 7. The molecule has 6 amide bonds. The third-order valence-electron chi connectivity index (χ3n) is 9.14. The fraction of sp³-hybridized carbons (Fsp3) is 0.757. The van der Waals surface area contributed by atoms with Crippen molar-refractivity contribution in [1.82, 2.24) is 26.2 Å². The Kier molecular flexibility index (Phi) is 28.6. The zero-order valence-corrected chi connectivity index (χ0v) is 34.9. The molecule has 1 aliphatic heterocycles. The number of amides is 6. The second kappa shape index (κ2) is 31.7. The topological polar surface area (TPSA) is 410 Å². The molecule has 0 saturated heterocycles. The summed E-state index contributed by atoms with van der Waals surface area (Å²) in [6.07, 6.45) is -14.0. The van der Waals surface area contributed by atoms with Crippen LogP contribution in [0, 0.1) is 0 Å². The quantitative estimate of drug-likeness (QED) is 0.0205. The summed E-state index contributed by atoms with van der Waals surface area (Å²) in [4.78, 5) is 86.6. The minimum atomic E-state index is -2.00. The van der Waals surface area contributed by atoms with Crippen LogP contribution in [0.15, 0.2) is 12.2 Å². The van der Waals surface area contributed by atoms with Crippen molar-refractivity contribution in [2.75, 3.05) is 85.7 Å². The highest BCUT2D eigenvalue weighted by Gasteiger charge is 2.35. The molecule has 0 saturated carbocycles. The minimum absolute atomic E-state index is 0.0387. The molecule has 10 atom stereocenters. The number of nitrogens with zero attached hydrogens (tertiary/aromatic N) is 1. The van der Waals surface area contributed by atoms with E-state index in [1.165, 1.54) is 6.92 Å². The summed E-state index contributed by atoms with van der Waals surface area (Å²) in [5, 5.41) is 106. The maximum atomic E-state index is 13.0. The van der Waals surface area contributed by atoms with E-state index in [1.54, 1.807) is 0 Å². The van der Waals surface area contributed by atoms with E-state index < -0.39 is 135 Å². The highest BCUT2D eigenvalue weighted by Crippen LogP contribution is 2.11. The lowest BCUT2D eigenvalue weighted by Crippen LogP contribution is -2.53. The molecular formula is C37H63N5O21. The first kappa shape index (κ1) is 56.9. The molecule has 1 aliphatic rings. The first-order valence-corrected chi connectivity index (χ1v) is 20.0. The van der Waals surface area contributed by atoms with Gasteiger partial charge in [0.15, 0.2) is 5.78 Å². The monoisotopic (exact) mass is 913 g/mol. The summed E-state index contributed by atoms with van der Waals surface area (Å²) < 4.78 is 21.5. The van der Waals surface area contributed by atoms with Crippen molar-refractivity contribution >= 4 is 41.2 Å². The summed E-state index contributed by atoms with van der Waals surface area (Å²) in [5.41, 5.74) is 0.